The topological polar surface area (TPSA) is 83.6 Å². The zero-order valence-electron chi connectivity index (χ0n) is 10.6. The third kappa shape index (κ3) is 3.19. The van der Waals surface area contributed by atoms with Gasteiger partial charge in [-0.25, -0.2) is 0 Å². The van der Waals surface area contributed by atoms with Gasteiger partial charge in [0, 0.05) is 19.5 Å². The van der Waals surface area contributed by atoms with Crippen LogP contribution >= 0.6 is 0 Å². The summed E-state index contributed by atoms with van der Waals surface area (Å²) in [6.07, 6.45) is 2.13. The molecule has 1 aliphatic heterocycles. The van der Waals surface area contributed by atoms with Gasteiger partial charge >= 0.3 is 5.97 Å². The Morgan fingerprint density at radius 1 is 1.41 bits per heavy atom. The number of hydrogen-bond acceptors (Lipinski definition) is 3. The van der Waals surface area contributed by atoms with E-state index in [9.17, 15) is 9.59 Å². The number of nitrogens with two attached hydrogens (primary N) is 1. The summed E-state index contributed by atoms with van der Waals surface area (Å²) < 4.78 is 0. The number of carboxylic acid groups (broad SMARTS) is 1. The second-order valence-corrected chi connectivity index (χ2v) is 4.87. The number of nitrogens with zero attached hydrogens (tertiary/aromatic N) is 1. The molecule has 1 heterocycles. The lowest BCUT2D eigenvalue weighted by Crippen LogP contribution is -2.54. The minimum atomic E-state index is -0.797. The Balaban J connectivity index is 2.59. The lowest BCUT2D eigenvalue weighted by Gasteiger charge is -2.30. The van der Waals surface area contributed by atoms with Crippen LogP contribution in [-0.2, 0) is 9.59 Å². The molecule has 5 nitrogen and oxygen atoms in total. The van der Waals surface area contributed by atoms with Crippen molar-refractivity contribution in [3.63, 3.8) is 0 Å². The van der Waals surface area contributed by atoms with E-state index in [-0.39, 0.29) is 18.2 Å². The van der Waals surface area contributed by atoms with E-state index in [1.54, 1.807) is 4.90 Å². The van der Waals surface area contributed by atoms with Gasteiger partial charge in [-0.3, -0.25) is 9.59 Å². The first-order chi connectivity index (χ1) is 7.92. The Morgan fingerprint density at radius 3 is 2.47 bits per heavy atom. The van der Waals surface area contributed by atoms with Gasteiger partial charge < -0.3 is 15.7 Å². The Hall–Kier alpha value is -1.10. The summed E-state index contributed by atoms with van der Waals surface area (Å²) in [4.78, 5) is 24.5. The average Bonchev–Trinajstić information content (AvgIpc) is 2.74. The summed E-state index contributed by atoms with van der Waals surface area (Å²) in [5.41, 5.74) is 5.28. The number of aliphatic carboxylic acids is 1. The summed E-state index contributed by atoms with van der Waals surface area (Å²) in [6.45, 7) is 4.98. The zero-order valence-corrected chi connectivity index (χ0v) is 10.6. The maximum atomic E-state index is 12.2. The SMILES string of the molecule is CCC(N)(CC)C(=O)N1CCC(CC(=O)O)C1. The molecule has 0 aromatic rings. The molecule has 0 aromatic carbocycles. The predicted octanol–water partition coefficient (Wildman–Crippen LogP) is 0.827. The van der Waals surface area contributed by atoms with Crippen molar-refractivity contribution in [3.05, 3.63) is 0 Å². The van der Waals surface area contributed by atoms with E-state index in [0.717, 1.165) is 6.42 Å². The molecule has 1 fully saturated rings. The Labute approximate surface area is 102 Å². The smallest absolute Gasteiger partial charge is 0.303 e. The third-order valence-electron chi connectivity index (χ3n) is 3.72. The van der Waals surface area contributed by atoms with Crippen molar-refractivity contribution in [2.24, 2.45) is 11.7 Å². The minimum absolute atomic E-state index is 0.0320. The summed E-state index contributed by atoms with van der Waals surface area (Å²) in [5.74, 6) is -0.751. The first kappa shape index (κ1) is 14.0. The van der Waals surface area contributed by atoms with Crippen LogP contribution in [0.3, 0.4) is 0 Å². The number of rotatable bonds is 5. The third-order valence-corrected chi connectivity index (χ3v) is 3.72. The number of carbonyl (C=O) groups is 2. The van der Waals surface area contributed by atoms with E-state index in [1.165, 1.54) is 0 Å². The van der Waals surface area contributed by atoms with Crippen molar-refractivity contribution >= 4 is 11.9 Å². The summed E-state index contributed by atoms with van der Waals surface area (Å²) in [5, 5.41) is 8.72. The highest BCUT2D eigenvalue weighted by atomic mass is 16.4. The molecular weight excluding hydrogens is 220 g/mol. The van der Waals surface area contributed by atoms with Crippen LogP contribution in [0.1, 0.15) is 39.5 Å². The highest BCUT2D eigenvalue weighted by Gasteiger charge is 2.37. The molecule has 5 heteroatoms. The van der Waals surface area contributed by atoms with Gasteiger partial charge in [-0.05, 0) is 25.2 Å². The van der Waals surface area contributed by atoms with Crippen LogP contribution in [-0.4, -0.2) is 40.5 Å². The van der Waals surface area contributed by atoms with Crippen molar-refractivity contribution in [3.8, 4) is 0 Å². The molecule has 0 saturated carbocycles. The van der Waals surface area contributed by atoms with Crippen LogP contribution < -0.4 is 5.73 Å². The van der Waals surface area contributed by atoms with E-state index in [4.69, 9.17) is 10.8 Å². The molecule has 3 N–H and O–H groups in total. The highest BCUT2D eigenvalue weighted by molar-refractivity contribution is 5.86. The van der Waals surface area contributed by atoms with Gasteiger partial charge in [-0.1, -0.05) is 13.8 Å². The number of hydrogen-bond donors (Lipinski definition) is 2. The second kappa shape index (κ2) is 5.49. The first-order valence-corrected chi connectivity index (χ1v) is 6.23. The highest BCUT2D eigenvalue weighted by Crippen LogP contribution is 2.24. The van der Waals surface area contributed by atoms with Crippen molar-refractivity contribution in [1.29, 1.82) is 0 Å². The normalized spacial score (nSPS) is 20.6. The molecule has 0 spiro atoms. The molecule has 17 heavy (non-hydrogen) atoms. The van der Waals surface area contributed by atoms with Crippen molar-refractivity contribution in [2.45, 2.75) is 45.1 Å². The van der Waals surface area contributed by atoms with Gasteiger partial charge in [0.2, 0.25) is 5.91 Å². The van der Waals surface area contributed by atoms with Crippen molar-refractivity contribution in [2.75, 3.05) is 13.1 Å². The predicted molar refractivity (Wildman–Crippen MR) is 64.4 cm³/mol. The van der Waals surface area contributed by atoms with Gasteiger partial charge in [0.15, 0.2) is 0 Å². The van der Waals surface area contributed by atoms with Crippen LogP contribution in [0, 0.1) is 5.92 Å². The zero-order chi connectivity index (χ0) is 13.1. The molecule has 0 aliphatic carbocycles. The average molecular weight is 242 g/mol. The van der Waals surface area contributed by atoms with Gasteiger partial charge in [0.1, 0.15) is 0 Å². The minimum Gasteiger partial charge on any atom is -0.481 e. The lowest BCUT2D eigenvalue weighted by atomic mass is 9.92. The van der Waals surface area contributed by atoms with E-state index >= 15 is 0 Å². The van der Waals surface area contributed by atoms with E-state index in [1.807, 2.05) is 13.8 Å². The first-order valence-electron chi connectivity index (χ1n) is 6.23. The van der Waals surface area contributed by atoms with Crippen LogP contribution in [0.15, 0.2) is 0 Å². The van der Waals surface area contributed by atoms with Gasteiger partial charge in [0.25, 0.3) is 0 Å². The lowest BCUT2D eigenvalue weighted by molar-refractivity contribution is -0.139. The van der Waals surface area contributed by atoms with E-state index in [0.29, 0.717) is 25.9 Å². The molecule has 1 saturated heterocycles. The van der Waals surface area contributed by atoms with E-state index in [2.05, 4.69) is 0 Å². The van der Waals surface area contributed by atoms with Crippen LogP contribution in [0.2, 0.25) is 0 Å². The molecule has 1 unspecified atom stereocenters. The summed E-state index contributed by atoms with van der Waals surface area (Å²) >= 11 is 0. The van der Waals surface area contributed by atoms with Crippen LogP contribution in [0.25, 0.3) is 0 Å². The van der Waals surface area contributed by atoms with Gasteiger partial charge in [0.05, 0.1) is 5.54 Å². The second-order valence-electron chi connectivity index (χ2n) is 4.87. The van der Waals surface area contributed by atoms with Crippen molar-refractivity contribution in [1.82, 2.24) is 4.90 Å². The van der Waals surface area contributed by atoms with Crippen LogP contribution in [0.4, 0.5) is 0 Å². The number of amides is 1. The molecule has 1 rings (SSSR count). The molecular formula is C12H22N2O3. The maximum absolute atomic E-state index is 12.2. The largest absolute Gasteiger partial charge is 0.481 e. The molecule has 1 atom stereocenters. The Kier molecular flexibility index (Phi) is 4.51. The van der Waals surface area contributed by atoms with Gasteiger partial charge in [-0.2, -0.15) is 0 Å². The summed E-state index contributed by atoms with van der Waals surface area (Å²) in [6, 6.07) is 0. The molecule has 0 radical (unpaired) electrons. The number of likely N-dealkylation sites (tertiary alicyclic amines) is 1. The standard InChI is InChI=1S/C12H22N2O3/c1-3-12(13,4-2)11(17)14-6-5-9(8-14)7-10(15)16/h9H,3-8,13H2,1-2H3,(H,15,16). The molecule has 0 aromatic heterocycles. The molecule has 1 amide bonds. The fraction of sp³-hybridized carbons (Fsp3) is 0.833. The Morgan fingerprint density at radius 2 is 2.00 bits per heavy atom. The molecule has 1 aliphatic rings. The number of carbonyl (C=O) groups excluding carboxylic acids is 1. The van der Waals surface area contributed by atoms with Crippen LogP contribution in [0.5, 0.6) is 0 Å². The quantitative estimate of drug-likeness (QED) is 0.748. The van der Waals surface area contributed by atoms with E-state index < -0.39 is 11.5 Å². The molecule has 98 valence electrons. The monoisotopic (exact) mass is 242 g/mol. The maximum Gasteiger partial charge on any atom is 0.303 e. The fourth-order valence-electron chi connectivity index (χ4n) is 2.30. The molecule has 0 bridgehead atoms. The summed E-state index contributed by atoms with van der Waals surface area (Å²) in [7, 11) is 0. The van der Waals surface area contributed by atoms with Gasteiger partial charge in [-0.15, -0.1) is 0 Å². The van der Waals surface area contributed by atoms with Crippen molar-refractivity contribution < 1.29 is 14.7 Å². The fourth-order valence-corrected chi connectivity index (χ4v) is 2.30. The Bertz CT molecular complexity index is 300. The number of carboxylic acids is 1.